The van der Waals surface area contributed by atoms with Crippen molar-refractivity contribution in [2.45, 2.75) is 18.7 Å². The molecule has 0 rings (SSSR count). The highest BCUT2D eigenvalue weighted by Gasteiger charge is 2.13. The first-order valence-electron chi connectivity index (χ1n) is 2.49. The number of primary amides is 1. The summed E-state index contributed by atoms with van der Waals surface area (Å²) in [4.78, 5) is 10.5. The number of carbonyl (C=O) groups is 1. The molecule has 0 aromatic rings. The van der Waals surface area contributed by atoms with E-state index < -0.39 is 0 Å². The average molecular weight is 180 g/mol. The first-order valence-corrected chi connectivity index (χ1v) is 3.40. The molecule has 8 heavy (non-hydrogen) atoms. The minimum atomic E-state index is -0.255. The van der Waals surface area contributed by atoms with Gasteiger partial charge in [-0.1, -0.05) is 29.8 Å². The zero-order chi connectivity index (χ0) is 6.73. The van der Waals surface area contributed by atoms with Crippen LogP contribution in [0, 0.1) is 5.92 Å². The Morgan fingerprint density at radius 2 is 2.00 bits per heavy atom. The topological polar surface area (TPSA) is 43.1 Å². The van der Waals surface area contributed by atoms with E-state index in [9.17, 15) is 4.79 Å². The average Bonchev–Trinajstić information content (AvgIpc) is 1.64. The maximum Gasteiger partial charge on any atom is 0.221 e. The van der Waals surface area contributed by atoms with Crippen LogP contribution in [0.25, 0.3) is 0 Å². The first-order chi connectivity index (χ1) is 3.55. The quantitative estimate of drug-likeness (QED) is 0.630. The summed E-state index contributed by atoms with van der Waals surface area (Å²) in [5, 5.41) is 0. The second kappa shape index (κ2) is 3.07. The number of halogens is 1. The van der Waals surface area contributed by atoms with Crippen LogP contribution in [-0.2, 0) is 4.79 Å². The zero-order valence-electron chi connectivity index (χ0n) is 5.02. The second-order valence-corrected chi connectivity index (χ2v) is 3.31. The van der Waals surface area contributed by atoms with Gasteiger partial charge in [0.15, 0.2) is 0 Å². The number of hydrogen-bond acceptors (Lipinski definition) is 1. The van der Waals surface area contributed by atoms with E-state index in [1.165, 1.54) is 0 Å². The van der Waals surface area contributed by atoms with Crippen LogP contribution in [-0.4, -0.2) is 10.7 Å². The Labute approximate surface area is 57.6 Å². The van der Waals surface area contributed by atoms with Crippen LogP contribution >= 0.6 is 15.9 Å². The smallest absolute Gasteiger partial charge is 0.221 e. The molecule has 0 spiro atoms. The molecule has 48 valence electrons. The highest BCUT2D eigenvalue weighted by Crippen LogP contribution is 2.09. The highest BCUT2D eigenvalue weighted by atomic mass is 79.9. The molecule has 0 fully saturated rings. The lowest BCUT2D eigenvalue weighted by atomic mass is 10.1. The summed E-state index contributed by atoms with van der Waals surface area (Å²) in [5.41, 5.74) is 4.97. The molecule has 0 heterocycles. The summed E-state index contributed by atoms with van der Waals surface area (Å²) < 4.78 is 0. The van der Waals surface area contributed by atoms with Gasteiger partial charge in [-0.25, -0.2) is 0 Å². The summed E-state index contributed by atoms with van der Waals surface area (Å²) in [5.74, 6) is -0.329. The van der Waals surface area contributed by atoms with Gasteiger partial charge in [-0.2, -0.15) is 0 Å². The summed E-state index contributed by atoms with van der Waals surface area (Å²) in [6, 6.07) is 0. The van der Waals surface area contributed by atoms with Gasteiger partial charge in [-0.15, -0.1) is 0 Å². The van der Waals surface area contributed by atoms with Crippen molar-refractivity contribution in [2.75, 3.05) is 0 Å². The molecule has 0 saturated heterocycles. The van der Waals surface area contributed by atoms with Gasteiger partial charge < -0.3 is 5.73 Å². The summed E-state index contributed by atoms with van der Waals surface area (Å²) in [6.45, 7) is 3.69. The lowest BCUT2D eigenvalue weighted by molar-refractivity contribution is -0.121. The molecule has 0 aliphatic heterocycles. The Morgan fingerprint density at radius 3 is 2.00 bits per heavy atom. The molecule has 0 aromatic heterocycles. The Morgan fingerprint density at radius 1 is 1.62 bits per heavy atom. The van der Waals surface area contributed by atoms with Gasteiger partial charge in [-0.3, -0.25) is 4.79 Å². The van der Waals surface area contributed by atoms with Gasteiger partial charge in [-0.05, 0) is 0 Å². The summed E-state index contributed by atoms with van der Waals surface area (Å²) in [6.07, 6.45) is 0. The normalized spacial score (nSPS) is 17.4. The van der Waals surface area contributed by atoms with Crippen molar-refractivity contribution in [3.05, 3.63) is 0 Å². The van der Waals surface area contributed by atoms with E-state index >= 15 is 0 Å². The molecule has 1 amide bonds. The maximum atomic E-state index is 10.3. The SMILES string of the molecule is CC(Br)C(C)C(N)=O. The van der Waals surface area contributed by atoms with Crippen LogP contribution in [0.4, 0.5) is 0 Å². The van der Waals surface area contributed by atoms with E-state index in [0.29, 0.717) is 0 Å². The van der Waals surface area contributed by atoms with Gasteiger partial charge >= 0.3 is 0 Å². The van der Waals surface area contributed by atoms with Crippen molar-refractivity contribution in [1.82, 2.24) is 0 Å². The van der Waals surface area contributed by atoms with E-state index in [0.717, 1.165) is 0 Å². The van der Waals surface area contributed by atoms with Crippen LogP contribution < -0.4 is 5.73 Å². The van der Waals surface area contributed by atoms with Crippen LogP contribution in [0.3, 0.4) is 0 Å². The molecular weight excluding hydrogens is 170 g/mol. The predicted octanol–water partition coefficient (Wildman–Crippen LogP) is 0.891. The van der Waals surface area contributed by atoms with E-state index in [-0.39, 0.29) is 16.7 Å². The van der Waals surface area contributed by atoms with E-state index in [4.69, 9.17) is 5.73 Å². The van der Waals surface area contributed by atoms with Crippen molar-refractivity contribution in [3.8, 4) is 0 Å². The number of alkyl halides is 1. The Balaban J connectivity index is 3.64. The van der Waals surface area contributed by atoms with Crippen molar-refractivity contribution >= 4 is 21.8 Å². The van der Waals surface area contributed by atoms with Crippen LogP contribution in [0.15, 0.2) is 0 Å². The third-order valence-corrected chi connectivity index (χ3v) is 1.93. The Kier molecular flexibility index (Phi) is 3.05. The fourth-order valence-corrected chi connectivity index (χ4v) is 0.487. The van der Waals surface area contributed by atoms with Crippen molar-refractivity contribution < 1.29 is 4.79 Å². The number of nitrogens with two attached hydrogens (primary N) is 1. The number of rotatable bonds is 2. The first kappa shape index (κ1) is 7.95. The minimum absolute atomic E-state index is 0.0741. The lowest BCUT2D eigenvalue weighted by Gasteiger charge is -2.07. The van der Waals surface area contributed by atoms with Gasteiger partial charge in [0.2, 0.25) is 5.91 Å². The molecule has 0 bridgehead atoms. The number of carbonyl (C=O) groups excluding carboxylic acids is 1. The second-order valence-electron chi connectivity index (χ2n) is 1.87. The molecule has 0 radical (unpaired) electrons. The zero-order valence-corrected chi connectivity index (χ0v) is 6.60. The molecular formula is C5H10BrNO. The molecule has 3 heteroatoms. The fraction of sp³-hybridized carbons (Fsp3) is 0.800. The van der Waals surface area contributed by atoms with Crippen molar-refractivity contribution in [2.24, 2.45) is 11.7 Å². The van der Waals surface area contributed by atoms with Crippen LogP contribution in [0.5, 0.6) is 0 Å². The maximum absolute atomic E-state index is 10.3. The molecule has 0 aliphatic carbocycles. The molecule has 2 unspecified atom stereocenters. The standard InChI is InChI=1S/C5H10BrNO/c1-3(4(2)6)5(7)8/h3-4H,1-2H3,(H2,7,8). The van der Waals surface area contributed by atoms with Crippen molar-refractivity contribution in [3.63, 3.8) is 0 Å². The molecule has 0 saturated carbocycles. The largest absolute Gasteiger partial charge is 0.369 e. The van der Waals surface area contributed by atoms with Gasteiger partial charge in [0, 0.05) is 10.7 Å². The van der Waals surface area contributed by atoms with Gasteiger partial charge in [0.25, 0.3) is 0 Å². The van der Waals surface area contributed by atoms with E-state index in [1.54, 1.807) is 6.92 Å². The minimum Gasteiger partial charge on any atom is -0.369 e. The van der Waals surface area contributed by atoms with E-state index in [2.05, 4.69) is 15.9 Å². The third-order valence-electron chi connectivity index (χ3n) is 1.14. The lowest BCUT2D eigenvalue weighted by Crippen LogP contribution is -2.25. The molecule has 2 nitrogen and oxygen atoms in total. The van der Waals surface area contributed by atoms with Gasteiger partial charge in [0.1, 0.15) is 0 Å². The molecule has 0 aromatic carbocycles. The Bertz CT molecular complexity index is 92.4. The monoisotopic (exact) mass is 179 g/mol. The molecule has 0 aliphatic rings. The van der Waals surface area contributed by atoms with E-state index in [1.807, 2.05) is 6.92 Å². The number of hydrogen-bond donors (Lipinski definition) is 1. The highest BCUT2D eigenvalue weighted by molar-refractivity contribution is 9.09. The third kappa shape index (κ3) is 2.31. The molecule has 2 N–H and O–H groups in total. The Hall–Kier alpha value is -0.0500. The van der Waals surface area contributed by atoms with Crippen molar-refractivity contribution in [1.29, 1.82) is 0 Å². The molecule has 2 atom stereocenters. The van der Waals surface area contributed by atoms with Gasteiger partial charge in [0.05, 0.1) is 0 Å². The summed E-state index contributed by atoms with van der Waals surface area (Å²) >= 11 is 3.24. The number of amides is 1. The van der Waals surface area contributed by atoms with Crippen LogP contribution in [0.2, 0.25) is 0 Å². The summed E-state index contributed by atoms with van der Waals surface area (Å²) in [7, 11) is 0. The van der Waals surface area contributed by atoms with Crippen LogP contribution in [0.1, 0.15) is 13.8 Å². The fourth-order valence-electron chi connectivity index (χ4n) is 0.226. The predicted molar refractivity (Wildman–Crippen MR) is 36.7 cm³/mol.